The van der Waals surface area contributed by atoms with E-state index in [2.05, 4.69) is 36.4 Å². The number of benzene rings is 2. The molecule has 1 aliphatic heterocycles. The maximum absolute atomic E-state index is 5.77. The predicted molar refractivity (Wildman–Crippen MR) is 89.7 cm³/mol. The van der Waals surface area contributed by atoms with Gasteiger partial charge >= 0.3 is 0 Å². The molecule has 22 heavy (non-hydrogen) atoms. The van der Waals surface area contributed by atoms with Crippen LogP contribution in [0.15, 0.2) is 42.5 Å². The molecule has 2 aromatic carbocycles. The first kappa shape index (κ1) is 15.3. The SMILES string of the molecule is c1ccc2cc(OCCOCC[NH+]3CCCCC3)ccc2c1. The van der Waals surface area contributed by atoms with Crippen molar-refractivity contribution in [1.29, 1.82) is 0 Å². The molecule has 0 amide bonds. The van der Waals surface area contributed by atoms with Crippen molar-refractivity contribution < 1.29 is 14.4 Å². The number of fused-ring (bicyclic) bond motifs is 1. The summed E-state index contributed by atoms with van der Waals surface area (Å²) in [4.78, 5) is 1.70. The molecule has 3 rings (SSSR count). The van der Waals surface area contributed by atoms with Crippen LogP contribution < -0.4 is 9.64 Å². The van der Waals surface area contributed by atoms with E-state index < -0.39 is 0 Å². The van der Waals surface area contributed by atoms with Gasteiger partial charge in [-0.3, -0.25) is 0 Å². The third kappa shape index (κ3) is 4.46. The van der Waals surface area contributed by atoms with Crippen LogP contribution in [0.3, 0.4) is 0 Å². The van der Waals surface area contributed by atoms with Crippen molar-refractivity contribution in [1.82, 2.24) is 0 Å². The van der Waals surface area contributed by atoms with Crippen LogP contribution >= 0.6 is 0 Å². The summed E-state index contributed by atoms with van der Waals surface area (Å²) < 4.78 is 11.5. The lowest BCUT2D eigenvalue weighted by Gasteiger charge is -2.23. The molecular weight excluding hydrogens is 274 g/mol. The minimum atomic E-state index is 0.619. The summed E-state index contributed by atoms with van der Waals surface area (Å²) in [6, 6.07) is 14.6. The van der Waals surface area contributed by atoms with E-state index in [4.69, 9.17) is 9.47 Å². The molecule has 0 saturated carbocycles. The molecule has 0 aromatic heterocycles. The molecule has 1 fully saturated rings. The summed E-state index contributed by atoms with van der Waals surface area (Å²) in [5.41, 5.74) is 0. The summed E-state index contributed by atoms with van der Waals surface area (Å²) in [6.45, 7) is 5.90. The number of hydrogen-bond acceptors (Lipinski definition) is 2. The second-order valence-corrected chi connectivity index (χ2v) is 6.03. The zero-order valence-corrected chi connectivity index (χ0v) is 13.2. The van der Waals surface area contributed by atoms with E-state index in [1.807, 2.05) is 6.07 Å². The summed E-state index contributed by atoms with van der Waals surface area (Å²) >= 11 is 0. The Kier molecular flexibility index (Phi) is 5.68. The van der Waals surface area contributed by atoms with Crippen LogP contribution in [0.1, 0.15) is 19.3 Å². The highest BCUT2D eigenvalue weighted by molar-refractivity contribution is 5.83. The van der Waals surface area contributed by atoms with Crippen LogP contribution in [0, 0.1) is 0 Å². The minimum absolute atomic E-state index is 0.619. The molecule has 2 aromatic rings. The average molecular weight is 300 g/mol. The third-order valence-corrected chi connectivity index (χ3v) is 4.38. The normalized spacial score (nSPS) is 16.0. The average Bonchev–Trinajstić information content (AvgIpc) is 2.59. The van der Waals surface area contributed by atoms with E-state index in [0.717, 1.165) is 18.9 Å². The van der Waals surface area contributed by atoms with E-state index >= 15 is 0 Å². The fourth-order valence-corrected chi connectivity index (χ4v) is 3.10. The molecule has 1 heterocycles. The largest absolute Gasteiger partial charge is 0.491 e. The van der Waals surface area contributed by atoms with Gasteiger partial charge in [0.2, 0.25) is 0 Å². The second kappa shape index (κ2) is 8.16. The Morgan fingerprint density at radius 1 is 0.818 bits per heavy atom. The van der Waals surface area contributed by atoms with Crippen molar-refractivity contribution in [2.75, 3.05) is 39.5 Å². The first-order valence-corrected chi connectivity index (χ1v) is 8.45. The predicted octanol–water partition coefficient (Wildman–Crippen LogP) is 2.30. The van der Waals surface area contributed by atoms with Gasteiger partial charge in [-0.2, -0.15) is 0 Å². The van der Waals surface area contributed by atoms with Crippen molar-refractivity contribution >= 4 is 10.8 Å². The van der Waals surface area contributed by atoms with Gasteiger partial charge in [-0.15, -0.1) is 0 Å². The minimum Gasteiger partial charge on any atom is -0.491 e. The zero-order chi connectivity index (χ0) is 15.0. The van der Waals surface area contributed by atoms with E-state index in [-0.39, 0.29) is 0 Å². The molecule has 0 bridgehead atoms. The molecule has 3 heteroatoms. The maximum atomic E-state index is 5.77. The van der Waals surface area contributed by atoms with Crippen molar-refractivity contribution in [2.24, 2.45) is 0 Å². The highest BCUT2D eigenvalue weighted by Crippen LogP contribution is 2.20. The quantitative estimate of drug-likeness (QED) is 0.793. The monoisotopic (exact) mass is 300 g/mol. The van der Waals surface area contributed by atoms with Gasteiger partial charge in [0.15, 0.2) is 0 Å². The van der Waals surface area contributed by atoms with E-state index in [0.29, 0.717) is 13.2 Å². The topological polar surface area (TPSA) is 22.9 Å². The smallest absolute Gasteiger partial charge is 0.120 e. The van der Waals surface area contributed by atoms with Gasteiger partial charge in [0.05, 0.1) is 26.3 Å². The second-order valence-electron chi connectivity index (χ2n) is 6.03. The standard InChI is InChI=1S/C19H25NO2/c1-4-10-20(11-5-1)12-13-21-14-15-22-19-9-8-17-6-2-3-7-18(17)16-19/h2-3,6-9,16H,1,4-5,10-15H2/p+1. The molecule has 0 aliphatic carbocycles. The molecule has 3 nitrogen and oxygen atoms in total. The summed E-state index contributed by atoms with van der Waals surface area (Å²) in [5, 5.41) is 2.46. The van der Waals surface area contributed by atoms with Gasteiger partial charge in [0.25, 0.3) is 0 Å². The number of hydrogen-bond donors (Lipinski definition) is 1. The Balaban J connectivity index is 1.33. The number of likely N-dealkylation sites (tertiary alicyclic amines) is 1. The Labute approximate surface area is 132 Å². The molecule has 0 spiro atoms. The number of ether oxygens (including phenoxy) is 2. The lowest BCUT2D eigenvalue weighted by Crippen LogP contribution is -3.13. The van der Waals surface area contributed by atoms with E-state index in [9.17, 15) is 0 Å². The summed E-state index contributed by atoms with van der Waals surface area (Å²) in [5.74, 6) is 0.920. The lowest BCUT2D eigenvalue weighted by atomic mass is 10.1. The van der Waals surface area contributed by atoms with E-state index in [1.54, 1.807) is 4.90 Å². The van der Waals surface area contributed by atoms with E-state index in [1.165, 1.54) is 43.1 Å². The molecule has 1 saturated heterocycles. The summed E-state index contributed by atoms with van der Waals surface area (Å²) in [6.07, 6.45) is 4.16. The summed E-state index contributed by atoms with van der Waals surface area (Å²) in [7, 11) is 0. The number of quaternary nitrogens is 1. The Morgan fingerprint density at radius 3 is 2.50 bits per heavy atom. The first-order chi connectivity index (χ1) is 10.9. The highest BCUT2D eigenvalue weighted by Gasteiger charge is 2.12. The fraction of sp³-hybridized carbons (Fsp3) is 0.474. The highest BCUT2D eigenvalue weighted by atomic mass is 16.5. The van der Waals surface area contributed by atoms with Gasteiger partial charge in [-0.25, -0.2) is 0 Å². The molecule has 0 atom stereocenters. The Hall–Kier alpha value is -1.58. The number of nitrogens with one attached hydrogen (secondary N) is 1. The van der Waals surface area contributed by atoms with Crippen LogP contribution in [0.4, 0.5) is 0 Å². The lowest BCUT2D eigenvalue weighted by molar-refractivity contribution is -0.905. The molecular formula is C19H26NO2+. The van der Waals surface area contributed by atoms with Gasteiger partial charge in [-0.1, -0.05) is 30.3 Å². The van der Waals surface area contributed by atoms with Crippen LogP contribution in [0.5, 0.6) is 5.75 Å². The van der Waals surface area contributed by atoms with Crippen LogP contribution in [0.2, 0.25) is 0 Å². The molecule has 1 aliphatic rings. The number of piperidine rings is 1. The molecule has 0 radical (unpaired) electrons. The Bertz CT molecular complexity index is 578. The van der Waals surface area contributed by atoms with Crippen LogP contribution in [0.25, 0.3) is 10.8 Å². The third-order valence-electron chi connectivity index (χ3n) is 4.38. The van der Waals surface area contributed by atoms with Crippen LogP contribution in [-0.2, 0) is 4.74 Å². The zero-order valence-electron chi connectivity index (χ0n) is 13.2. The fourth-order valence-electron chi connectivity index (χ4n) is 3.10. The van der Waals surface area contributed by atoms with Crippen molar-refractivity contribution in [3.05, 3.63) is 42.5 Å². The van der Waals surface area contributed by atoms with Crippen molar-refractivity contribution in [3.63, 3.8) is 0 Å². The molecule has 1 N–H and O–H groups in total. The first-order valence-electron chi connectivity index (χ1n) is 8.45. The van der Waals surface area contributed by atoms with Crippen molar-refractivity contribution in [3.8, 4) is 5.75 Å². The molecule has 118 valence electrons. The van der Waals surface area contributed by atoms with Gasteiger partial charge in [-0.05, 0) is 42.2 Å². The van der Waals surface area contributed by atoms with Crippen molar-refractivity contribution in [2.45, 2.75) is 19.3 Å². The molecule has 0 unspecified atom stereocenters. The van der Waals surface area contributed by atoms with Gasteiger partial charge in [0.1, 0.15) is 18.9 Å². The van der Waals surface area contributed by atoms with Gasteiger partial charge < -0.3 is 14.4 Å². The Morgan fingerprint density at radius 2 is 1.64 bits per heavy atom. The maximum Gasteiger partial charge on any atom is 0.120 e. The number of rotatable bonds is 7. The van der Waals surface area contributed by atoms with Gasteiger partial charge in [0, 0.05) is 0 Å². The van der Waals surface area contributed by atoms with Crippen LogP contribution in [-0.4, -0.2) is 39.5 Å².